The smallest absolute Gasteiger partial charge is 0.142 e. The lowest BCUT2D eigenvalue weighted by Gasteiger charge is -2.37. The van der Waals surface area contributed by atoms with Gasteiger partial charge >= 0.3 is 0 Å². The zero-order valence-electron chi connectivity index (χ0n) is 17.0. The molecule has 1 aliphatic heterocycles. The summed E-state index contributed by atoms with van der Waals surface area (Å²) in [6.45, 7) is 4.91. The number of hydrogen-bond acceptors (Lipinski definition) is 5. The molecule has 1 fully saturated rings. The Kier molecular flexibility index (Phi) is 6.23. The number of aromatic nitrogens is 2. The molecule has 0 unspecified atom stereocenters. The maximum Gasteiger partial charge on any atom is 0.142 e. The van der Waals surface area contributed by atoms with Crippen LogP contribution in [0.2, 0.25) is 0 Å². The Labute approximate surface area is 177 Å². The minimum Gasteiger partial charge on any atom is -0.380 e. The fourth-order valence-electron chi connectivity index (χ4n) is 3.92. The normalized spacial score (nSPS) is 16.2. The van der Waals surface area contributed by atoms with E-state index in [0.717, 1.165) is 44.0 Å². The third-order valence-electron chi connectivity index (χ3n) is 5.61. The van der Waals surface area contributed by atoms with Gasteiger partial charge in [-0.15, -0.1) is 11.8 Å². The van der Waals surface area contributed by atoms with Gasteiger partial charge in [0.2, 0.25) is 0 Å². The van der Waals surface area contributed by atoms with E-state index in [0.29, 0.717) is 5.82 Å². The van der Waals surface area contributed by atoms with Crippen molar-refractivity contribution in [2.24, 2.45) is 7.05 Å². The first-order chi connectivity index (χ1) is 14.2. The molecule has 0 radical (unpaired) electrons. The number of benzene rings is 2. The van der Waals surface area contributed by atoms with Gasteiger partial charge in [-0.25, -0.2) is 4.98 Å². The third kappa shape index (κ3) is 4.50. The summed E-state index contributed by atoms with van der Waals surface area (Å²) >= 11 is 1.78. The molecule has 2 aromatic carbocycles. The van der Waals surface area contributed by atoms with Gasteiger partial charge in [0.1, 0.15) is 11.9 Å². The summed E-state index contributed by atoms with van der Waals surface area (Å²) in [5, 5.41) is 10.9. The number of hydrogen-bond donors (Lipinski definition) is 1. The molecule has 1 N–H and O–H groups in total. The van der Waals surface area contributed by atoms with Crippen LogP contribution in [0.15, 0.2) is 65.8 Å². The van der Waals surface area contributed by atoms with Gasteiger partial charge < -0.3 is 14.6 Å². The number of anilines is 1. The van der Waals surface area contributed by atoms with Crippen LogP contribution in [-0.2, 0) is 13.6 Å². The van der Waals surface area contributed by atoms with Gasteiger partial charge in [0, 0.05) is 68.3 Å². The molecule has 0 bridgehead atoms. The lowest BCUT2D eigenvalue weighted by Crippen LogP contribution is -2.46. The van der Waals surface area contributed by atoms with Gasteiger partial charge in [0.25, 0.3) is 0 Å². The van der Waals surface area contributed by atoms with E-state index in [2.05, 4.69) is 51.4 Å². The first-order valence-corrected chi connectivity index (χ1v) is 11.2. The molecule has 6 heteroatoms. The second-order valence-electron chi connectivity index (χ2n) is 7.47. The largest absolute Gasteiger partial charge is 0.380 e. The quantitative estimate of drug-likeness (QED) is 0.632. The summed E-state index contributed by atoms with van der Waals surface area (Å²) in [4.78, 5) is 10.5. The minimum absolute atomic E-state index is 0.671. The van der Waals surface area contributed by atoms with E-state index in [1.165, 1.54) is 10.5 Å². The number of aliphatic hydroxyl groups is 1. The summed E-state index contributed by atoms with van der Waals surface area (Å²) in [7, 11) is 1.92. The van der Waals surface area contributed by atoms with Crippen LogP contribution in [0.25, 0.3) is 0 Å². The maximum absolute atomic E-state index is 10.9. The first kappa shape index (κ1) is 20.0. The number of nitrogens with zero attached hydrogens (tertiary/aromatic N) is 4. The highest BCUT2D eigenvalue weighted by atomic mass is 32.2. The summed E-state index contributed by atoms with van der Waals surface area (Å²) < 4.78 is 1.88. The first-order valence-electron chi connectivity index (χ1n) is 10.00. The molecule has 3 aromatic rings. The number of rotatable bonds is 6. The Balaban J connectivity index is 1.43. The zero-order chi connectivity index (χ0) is 20.2. The Morgan fingerprint density at radius 2 is 1.76 bits per heavy atom. The molecule has 4 rings (SSSR count). The fourth-order valence-corrected chi connectivity index (χ4v) is 4.33. The SMILES string of the molecule is CSc1ccc(CN2CCN(c3ccccc3[C@H](O)c3nccn3C)CC2)cc1. The van der Waals surface area contributed by atoms with Crippen molar-refractivity contribution >= 4 is 17.4 Å². The summed E-state index contributed by atoms with van der Waals surface area (Å²) in [5.74, 6) is 0.671. The van der Waals surface area contributed by atoms with Crippen molar-refractivity contribution in [1.29, 1.82) is 0 Å². The number of para-hydroxylation sites is 1. The Bertz CT molecular complexity index is 932. The van der Waals surface area contributed by atoms with Crippen LogP contribution in [-0.4, -0.2) is 52.0 Å². The average molecular weight is 409 g/mol. The number of imidazole rings is 1. The minimum atomic E-state index is -0.723. The molecule has 152 valence electrons. The van der Waals surface area contributed by atoms with E-state index in [9.17, 15) is 5.11 Å². The molecule has 0 aliphatic carbocycles. The topological polar surface area (TPSA) is 44.5 Å². The van der Waals surface area contributed by atoms with Gasteiger partial charge in [0.05, 0.1) is 0 Å². The van der Waals surface area contributed by atoms with E-state index in [1.54, 1.807) is 18.0 Å². The summed E-state index contributed by atoms with van der Waals surface area (Å²) in [5.41, 5.74) is 3.39. The molecule has 0 saturated carbocycles. The van der Waals surface area contributed by atoms with Crippen LogP contribution < -0.4 is 4.90 Å². The van der Waals surface area contributed by atoms with E-state index in [-0.39, 0.29) is 0 Å². The Hall–Kier alpha value is -2.28. The van der Waals surface area contributed by atoms with Crippen LogP contribution >= 0.6 is 11.8 Å². The highest BCUT2D eigenvalue weighted by Crippen LogP contribution is 2.30. The number of piperazine rings is 1. The number of thioether (sulfide) groups is 1. The molecule has 0 amide bonds. The third-order valence-corrected chi connectivity index (χ3v) is 6.36. The molecule has 1 aromatic heterocycles. The Morgan fingerprint density at radius 1 is 1.03 bits per heavy atom. The van der Waals surface area contributed by atoms with Crippen LogP contribution in [0.4, 0.5) is 5.69 Å². The highest BCUT2D eigenvalue weighted by molar-refractivity contribution is 7.98. The lowest BCUT2D eigenvalue weighted by molar-refractivity contribution is 0.205. The van der Waals surface area contributed by atoms with Gasteiger partial charge in [-0.2, -0.15) is 0 Å². The second kappa shape index (κ2) is 9.03. The van der Waals surface area contributed by atoms with Crippen LogP contribution in [0.3, 0.4) is 0 Å². The van der Waals surface area contributed by atoms with Crippen molar-refractivity contribution in [1.82, 2.24) is 14.5 Å². The van der Waals surface area contributed by atoms with Crippen LogP contribution in [0, 0.1) is 0 Å². The summed E-state index contributed by atoms with van der Waals surface area (Å²) in [6.07, 6.45) is 4.98. The monoisotopic (exact) mass is 408 g/mol. The van der Waals surface area contributed by atoms with Gasteiger partial charge in [-0.1, -0.05) is 30.3 Å². The van der Waals surface area contributed by atoms with Crippen molar-refractivity contribution in [3.8, 4) is 0 Å². The molecular formula is C23H28N4OS. The predicted octanol–water partition coefficient (Wildman–Crippen LogP) is 3.55. The Morgan fingerprint density at radius 3 is 2.41 bits per heavy atom. The van der Waals surface area contributed by atoms with Crippen molar-refractivity contribution in [2.45, 2.75) is 17.5 Å². The zero-order valence-corrected chi connectivity index (χ0v) is 17.8. The average Bonchev–Trinajstić information content (AvgIpc) is 3.20. The lowest BCUT2D eigenvalue weighted by atomic mass is 10.0. The van der Waals surface area contributed by atoms with Crippen LogP contribution in [0.1, 0.15) is 23.1 Å². The molecule has 1 saturated heterocycles. The predicted molar refractivity (Wildman–Crippen MR) is 119 cm³/mol. The number of aryl methyl sites for hydroxylation is 1. The van der Waals surface area contributed by atoms with E-state index in [4.69, 9.17) is 0 Å². The second-order valence-corrected chi connectivity index (χ2v) is 8.35. The summed E-state index contributed by atoms with van der Waals surface area (Å²) in [6, 6.07) is 17.0. The van der Waals surface area contributed by atoms with Crippen molar-refractivity contribution in [3.05, 3.63) is 77.9 Å². The number of aliphatic hydroxyl groups excluding tert-OH is 1. The van der Waals surface area contributed by atoms with Crippen molar-refractivity contribution < 1.29 is 5.11 Å². The van der Waals surface area contributed by atoms with E-state index < -0.39 is 6.10 Å². The molecule has 5 nitrogen and oxygen atoms in total. The molecule has 1 aliphatic rings. The molecule has 1 atom stereocenters. The molecule has 0 spiro atoms. The van der Waals surface area contributed by atoms with Crippen molar-refractivity contribution in [2.75, 3.05) is 37.3 Å². The molecule has 29 heavy (non-hydrogen) atoms. The standard InChI is InChI=1S/C23H28N4OS/c1-25-12-11-24-23(25)22(28)20-5-3-4-6-21(20)27-15-13-26(14-16-27)17-18-7-9-19(29-2)10-8-18/h3-12,22,28H,13-17H2,1-2H3/t22-/m0/s1. The molecular weight excluding hydrogens is 380 g/mol. The van der Waals surface area contributed by atoms with Crippen LogP contribution in [0.5, 0.6) is 0 Å². The fraction of sp³-hybridized carbons (Fsp3) is 0.348. The molecule has 2 heterocycles. The highest BCUT2D eigenvalue weighted by Gasteiger charge is 2.23. The maximum atomic E-state index is 10.9. The van der Waals surface area contributed by atoms with E-state index in [1.807, 2.05) is 36.0 Å². The van der Waals surface area contributed by atoms with Gasteiger partial charge in [0.15, 0.2) is 0 Å². The van der Waals surface area contributed by atoms with Crippen molar-refractivity contribution in [3.63, 3.8) is 0 Å². The van der Waals surface area contributed by atoms with Gasteiger partial charge in [-0.3, -0.25) is 4.90 Å². The van der Waals surface area contributed by atoms with Gasteiger partial charge in [-0.05, 0) is 30.0 Å². The van der Waals surface area contributed by atoms with E-state index >= 15 is 0 Å².